The molecule has 1 spiro atoms. The van der Waals surface area contributed by atoms with E-state index in [1.54, 1.807) is 22.5 Å². The Morgan fingerprint density at radius 2 is 1.96 bits per heavy atom. The summed E-state index contributed by atoms with van der Waals surface area (Å²) in [6, 6.07) is 11.2. The van der Waals surface area contributed by atoms with Crippen molar-refractivity contribution in [3.8, 4) is 0 Å². The highest BCUT2D eigenvalue weighted by Gasteiger charge is 2.40. The van der Waals surface area contributed by atoms with Crippen molar-refractivity contribution in [2.45, 2.75) is 51.2 Å². The molecule has 2 nitrogen and oxygen atoms in total. The van der Waals surface area contributed by atoms with Gasteiger partial charge in [0.05, 0.1) is 6.61 Å². The Balaban J connectivity index is 1.45. The van der Waals surface area contributed by atoms with Gasteiger partial charge in [0, 0.05) is 16.3 Å². The van der Waals surface area contributed by atoms with E-state index in [9.17, 15) is 5.11 Å². The molecule has 1 saturated heterocycles. The molecule has 23 heavy (non-hydrogen) atoms. The monoisotopic (exact) mass is 327 g/mol. The number of aliphatic hydroxyl groups is 1. The van der Waals surface area contributed by atoms with E-state index in [1.807, 2.05) is 0 Å². The Bertz CT molecular complexity index is 697. The molecule has 3 heteroatoms. The second kappa shape index (κ2) is 6.04. The number of benzene rings is 1. The summed E-state index contributed by atoms with van der Waals surface area (Å²) < 4.78 is 0. The standard InChI is InChI=1S/C20H25NOS/c1-15-12-17(14-22)23-19(15)13-21-10-8-20(9-11-21)7-6-16-4-2-3-5-18(16)20/h2-5,12,22H,6-11,13-14H2,1H3. The van der Waals surface area contributed by atoms with Gasteiger partial charge in [-0.3, -0.25) is 4.90 Å². The van der Waals surface area contributed by atoms with Crippen LogP contribution in [0.1, 0.15) is 45.7 Å². The van der Waals surface area contributed by atoms with Crippen LogP contribution in [0.15, 0.2) is 30.3 Å². The van der Waals surface area contributed by atoms with Crippen LogP contribution in [0.3, 0.4) is 0 Å². The lowest BCUT2D eigenvalue weighted by molar-refractivity contribution is 0.153. The molecule has 122 valence electrons. The molecule has 0 bridgehead atoms. The van der Waals surface area contributed by atoms with Crippen LogP contribution in [0.25, 0.3) is 0 Å². The second-order valence-electron chi connectivity index (χ2n) is 7.19. The van der Waals surface area contributed by atoms with E-state index in [-0.39, 0.29) is 6.61 Å². The number of hydrogen-bond donors (Lipinski definition) is 1. The van der Waals surface area contributed by atoms with Crippen molar-refractivity contribution in [1.82, 2.24) is 4.90 Å². The molecule has 1 aliphatic carbocycles. The Kier molecular flexibility index (Phi) is 4.04. The Morgan fingerprint density at radius 3 is 2.70 bits per heavy atom. The zero-order chi connectivity index (χ0) is 15.9. The van der Waals surface area contributed by atoms with Crippen molar-refractivity contribution >= 4 is 11.3 Å². The summed E-state index contributed by atoms with van der Waals surface area (Å²) in [5.74, 6) is 0. The number of fused-ring (bicyclic) bond motifs is 2. The molecule has 0 unspecified atom stereocenters. The third-order valence-corrected chi connectivity index (χ3v) is 7.08. The molecule has 4 rings (SSSR count). The van der Waals surface area contributed by atoms with E-state index in [2.05, 4.69) is 42.2 Å². The first-order chi connectivity index (χ1) is 11.2. The first kappa shape index (κ1) is 15.4. The zero-order valence-corrected chi connectivity index (χ0v) is 14.7. The predicted molar refractivity (Wildman–Crippen MR) is 95.9 cm³/mol. The average molecular weight is 327 g/mol. The molecule has 1 N–H and O–H groups in total. The van der Waals surface area contributed by atoms with E-state index in [0.29, 0.717) is 5.41 Å². The fourth-order valence-electron chi connectivity index (χ4n) is 4.45. The largest absolute Gasteiger partial charge is 0.391 e. The molecule has 0 radical (unpaired) electrons. The summed E-state index contributed by atoms with van der Waals surface area (Å²) in [5.41, 5.74) is 5.01. The fourth-order valence-corrected chi connectivity index (χ4v) is 5.53. The highest BCUT2D eigenvalue weighted by molar-refractivity contribution is 7.12. The Labute approximate surface area is 142 Å². The summed E-state index contributed by atoms with van der Waals surface area (Å²) in [6.07, 6.45) is 5.19. The number of hydrogen-bond acceptors (Lipinski definition) is 3. The summed E-state index contributed by atoms with van der Waals surface area (Å²) >= 11 is 1.77. The molecular weight excluding hydrogens is 302 g/mol. The first-order valence-electron chi connectivity index (χ1n) is 8.70. The number of piperidine rings is 1. The van der Waals surface area contributed by atoms with Crippen LogP contribution in [0.2, 0.25) is 0 Å². The van der Waals surface area contributed by atoms with Crippen molar-refractivity contribution in [2.24, 2.45) is 0 Å². The van der Waals surface area contributed by atoms with Gasteiger partial charge in [-0.05, 0) is 73.9 Å². The highest BCUT2D eigenvalue weighted by atomic mass is 32.1. The molecule has 2 aromatic rings. The fraction of sp³-hybridized carbons (Fsp3) is 0.500. The maximum absolute atomic E-state index is 9.31. The average Bonchev–Trinajstić information content (AvgIpc) is 3.12. The zero-order valence-electron chi connectivity index (χ0n) is 13.8. The van der Waals surface area contributed by atoms with Crippen LogP contribution in [0, 0.1) is 6.92 Å². The molecule has 2 heterocycles. The second-order valence-corrected chi connectivity index (χ2v) is 8.41. The molecule has 0 atom stereocenters. The minimum atomic E-state index is 0.172. The molecule has 1 aliphatic heterocycles. The van der Waals surface area contributed by atoms with Gasteiger partial charge < -0.3 is 5.11 Å². The minimum Gasteiger partial charge on any atom is -0.391 e. The topological polar surface area (TPSA) is 23.5 Å². The lowest BCUT2D eigenvalue weighted by Crippen LogP contribution is -2.41. The normalized spacial score (nSPS) is 20.1. The van der Waals surface area contributed by atoms with Gasteiger partial charge in [-0.1, -0.05) is 24.3 Å². The van der Waals surface area contributed by atoms with Crippen LogP contribution >= 0.6 is 11.3 Å². The minimum absolute atomic E-state index is 0.172. The number of aryl methyl sites for hydroxylation is 2. The van der Waals surface area contributed by atoms with Crippen molar-refractivity contribution in [1.29, 1.82) is 0 Å². The molecule has 1 aromatic heterocycles. The van der Waals surface area contributed by atoms with Crippen molar-refractivity contribution in [2.75, 3.05) is 13.1 Å². The number of rotatable bonds is 3. The maximum Gasteiger partial charge on any atom is 0.0774 e. The number of aliphatic hydroxyl groups excluding tert-OH is 1. The first-order valence-corrected chi connectivity index (χ1v) is 9.52. The third-order valence-electron chi connectivity index (χ3n) is 5.87. The van der Waals surface area contributed by atoms with Gasteiger partial charge in [-0.2, -0.15) is 0 Å². The molecular formula is C20H25NOS. The predicted octanol–water partition coefficient (Wildman–Crippen LogP) is 4.03. The van der Waals surface area contributed by atoms with Gasteiger partial charge in [0.2, 0.25) is 0 Å². The summed E-state index contributed by atoms with van der Waals surface area (Å²) in [6.45, 7) is 5.78. The van der Waals surface area contributed by atoms with Gasteiger partial charge in [-0.25, -0.2) is 0 Å². The molecule has 0 saturated carbocycles. The smallest absolute Gasteiger partial charge is 0.0774 e. The van der Waals surface area contributed by atoms with Crippen LogP contribution < -0.4 is 0 Å². The van der Waals surface area contributed by atoms with Crippen LogP contribution in [0.5, 0.6) is 0 Å². The maximum atomic E-state index is 9.31. The number of nitrogens with zero attached hydrogens (tertiary/aromatic N) is 1. The quantitative estimate of drug-likeness (QED) is 0.920. The summed E-state index contributed by atoms with van der Waals surface area (Å²) in [5, 5.41) is 9.31. The summed E-state index contributed by atoms with van der Waals surface area (Å²) in [7, 11) is 0. The van der Waals surface area contributed by atoms with Gasteiger partial charge in [0.1, 0.15) is 0 Å². The van der Waals surface area contributed by atoms with Gasteiger partial charge in [0.15, 0.2) is 0 Å². The highest BCUT2D eigenvalue weighted by Crippen LogP contribution is 2.46. The number of likely N-dealkylation sites (tertiary alicyclic amines) is 1. The van der Waals surface area contributed by atoms with Crippen LogP contribution in [0.4, 0.5) is 0 Å². The van der Waals surface area contributed by atoms with Gasteiger partial charge in [0.25, 0.3) is 0 Å². The molecule has 1 aromatic carbocycles. The van der Waals surface area contributed by atoms with Crippen LogP contribution in [-0.2, 0) is 25.0 Å². The van der Waals surface area contributed by atoms with Crippen molar-refractivity contribution < 1.29 is 5.11 Å². The Hall–Kier alpha value is -1.16. The van der Waals surface area contributed by atoms with E-state index < -0.39 is 0 Å². The van der Waals surface area contributed by atoms with Crippen molar-refractivity contribution in [3.05, 3.63) is 56.8 Å². The van der Waals surface area contributed by atoms with E-state index in [1.165, 1.54) is 49.2 Å². The summed E-state index contributed by atoms with van der Waals surface area (Å²) in [4.78, 5) is 5.12. The van der Waals surface area contributed by atoms with Crippen molar-refractivity contribution in [3.63, 3.8) is 0 Å². The van der Waals surface area contributed by atoms with E-state index >= 15 is 0 Å². The molecule has 2 aliphatic rings. The third kappa shape index (κ3) is 2.75. The van der Waals surface area contributed by atoms with Gasteiger partial charge in [-0.15, -0.1) is 11.3 Å². The number of thiophene rings is 1. The van der Waals surface area contributed by atoms with Crippen LogP contribution in [-0.4, -0.2) is 23.1 Å². The molecule has 0 amide bonds. The van der Waals surface area contributed by atoms with Gasteiger partial charge >= 0.3 is 0 Å². The van der Waals surface area contributed by atoms with E-state index in [4.69, 9.17) is 0 Å². The SMILES string of the molecule is Cc1cc(CO)sc1CN1CCC2(CCc3ccccc32)CC1. The Morgan fingerprint density at radius 1 is 1.17 bits per heavy atom. The lowest BCUT2D eigenvalue weighted by Gasteiger charge is -2.40. The molecule has 1 fully saturated rings. The lowest BCUT2D eigenvalue weighted by atomic mass is 9.74. The van der Waals surface area contributed by atoms with E-state index in [0.717, 1.165) is 11.4 Å².